The summed E-state index contributed by atoms with van der Waals surface area (Å²) >= 11 is 0. The van der Waals surface area contributed by atoms with Crippen LogP contribution in [-0.4, -0.2) is 86.8 Å². The fraction of sp³-hybridized carbons (Fsp3) is 1.00. The number of likely N-dealkylation sites (N-methyl/N-ethyl adjacent to an activating group) is 1. The van der Waals surface area contributed by atoms with Crippen LogP contribution in [0.25, 0.3) is 0 Å². The predicted molar refractivity (Wildman–Crippen MR) is 91.3 cm³/mol. The monoisotopic (exact) mass is 309 g/mol. The van der Waals surface area contributed by atoms with Crippen LogP contribution < -0.4 is 0 Å². The molecule has 4 heteroatoms. The average Bonchev–Trinajstić information content (AvgIpc) is 3.07. The first-order chi connectivity index (χ1) is 10.8. The van der Waals surface area contributed by atoms with Crippen molar-refractivity contribution in [2.75, 3.05) is 66.1 Å². The molecule has 3 aliphatic heterocycles. The molecular weight excluding hydrogens is 274 g/mol. The summed E-state index contributed by atoms with van der Waals surface area (Å²) in [7, 11) is 2.34. The van der Waals surface area contributed by atoms with E-state index in [2.05, 4.69) is 21.7 Å². The third kappa shape index (κ3) is 4.92. The molecule has 0 aromatic heterocycles. The van der Waals surface area contributed by atoms with Crippen molar-refractivity contribution in [3.05, 3.63) is 0 Å². The van der Waals surface area contributed by atoms with Crippen LogP contribution in [0, 0.1) is 5.92 Å². The highest BCUT2D eigenvalue weighted by Gasteiger charge is 2.25. The summed E-state index contributed by atoms with van der Waals surface area (Å²) in [6.07, 6.45) is 8.24. The molecule has 1 atom stereocenters. The fourth-order valence-electron chi connectivity index (χ4n) is 4.30. The Kier molecular flexibility index (Phi) is 6.54. The minimum atomic E-state index is 0.799. The summed E-state index contributed by atoms with van der Waals surface area (Å²) in [6.45, 7) is 11.0. The maximum Gasteiger partial charge on any atom is 0.0507 e. The molecule has 128 valence electrons. The first-order valence-corrected chi connectivity index (χ1v) is 9.54. The number of ether oxygens (including phenoxy) is 1. The number of hydrogen-bond acceptors (Lipinski definition) is 4. The van der Waals surface area contributed by atoms with Crippen molar-refractivity contribution in [3.63, 3.8) is 0 Å². The maximum atomic E-state index is 5.51. The Balaban J connectivity index is 1.31. The largest absolute Gasteiger partial charge is 0.381 e. The number of piperidine rings is 2. The molecule has 0 saturated carbocycles. The van der Waals surface area contributed by atoms with Gasteiger partial charge in [-0.1, -0.05) is 6.42 Å². The van der Waals surface area contributed by atoms with Gasteiger partial charge < -0.3 is 19.4 Å². The van der Waals surface area contributed by atoms with Crippen LogP contribution >= 0.6 is 0 Å². The van der Waals surface area contributed by atoms with E-state index in [4.69, 9.17) is 4.74 Å². The summed E-state index contributed by atoms with van der Waals surface area (Å²) in [5, 5.41) is 0. The van der Waals surface area contributed by atoms with Gasteiger partial charge in [-0.15, -0.1) is 0 Å². The lowest BCUT2D eigenvalue weighted by Crippen LogP contribution is -2.47. The molecule has 3 heterocycles. The maximum absolute atomic E-state index is 5.51. The van der Waals surface area contributed by atoms with E-state index >= 15 is 0 Å². The molecule has 0 N–H and O–H groups in total. The van der Waals surface area contributed by atoms with Crippen molar-refractivity contribution < 1.29 is 4.74 Å². The molecule has 0 radical (unpaired) electrons. The number of likely N-dealkylation sites (tertiary alicyclic amines) is 2. The van der Waals surface area contributed by atoms with Gasteiger partial charge in [-0.3, -0.25) is 0 Å². The first kappa shape index (κ1) is 16.7. The highest BCUT2D eigenvalue weighted by Crippen LogP contribution is 2.20. The summed E-state index contributed by atoms with van der Waals surface area (Å²) in [4.78, 5) is 7.97. The topological polar surface area (TPSA) is 19.0 Å². The van der Waals surface area contributed by atoms with Crippen molar-refractivity contribution in [3.8, 4) is 0 Å². The van der Waals surface area contributed by atoms with Gasteiger partial charge in [-0.05, 0) is 71.2 Å². The highest BCUT2D eigenvalue weighted by molar-refractivity contribution is 4.81. The van der Waals surface area contributed by atoms with Gasteiger partial charge >= 0.3 is 0 Å². The minimum Gasteiger partial charge on any atom is -0.381 e. The normalized spacial score (nSPS) is 29.5. The molecule has 3 rings (SSSR count). The molecule has 0 unspecified atom stereocenters. The molecule has 3 saturated heterocycles. The van der Waals surface area contributed by atoms with Crippen LogP contribution in [0.3, 0.4) is 0 Å². The summed E-state index contributed by atoms with van der Waals surface area (Å²) in [5.41, 5.74) is 0. The van der Waals surface area contributed by atoms with Crippen LogP contribution in [0.5, 0.6) is 0 Å². The lowest BCUT2D eigenvalue weighted by atomic mass is 10.0. The summed E-state index contributed by atoms with van der Waals surface area (Å²) in [5.74, 6) is 0.799. The van der Waals surface area contributed by atoms with Gasteiger partial charge in [0, 0.05) is 32.3 Å². The SMILES string of the molecule is CN(CCN1CCCCC1)C1CCN(C[C@H]2CCOC2)CC1. The van der Waals surface area contributed by atoms with Crippen molar-refractivity contribution in [2.24, 2.45) is 5.92 Å². The summed E-state index contributed by atoms with van der Waals surface area (Å²) < 4.78 is 5.51. The third-order valence-corrected chi connectivity index (χ3v) is 5.94. The molecule has 0 amide bonds. The summed E-state index contributed by atoms with van der Waals surface area (Å²) in [6, 6.07) is 0.806. The molecule has 22 heavy (non-hydrogen) atoms. The quantitative estimate of drug-likeness (QED) is 0.746. The second-order valence-electron chi connectivity index (χ2n) is 7.64. The van der Waals surface area contributed by atoms with Gasteiger partial charge in [0.1, 0.15) is 0 Å². The average molecular weight is 309 g/mol. The Morgan fingerprint density at radius 1 is 0.955 bits per heavy atom. The first-order valence-electron chi connectivity index (χ1n) is 9.54. The van der Waals surface area contributed by atoms with Crippen LogP contribution in [-0.2, 0) is 4.74 Å². The van der Waals surface area contributed by atoms with E-state index in [9.17, 15) is 0 Å². The second-order valence-corrected chi connectivity index (χ2v) is 7.64. The van der Waals surface area contributed by atoms with Gasteiger partial charge in [0.05, 0.1) is 6.61 Å². The molecule has 0 aliphatic carbocycles. The third-order valence-electron chi connectivity index (χ3n) is 5.94. The Labute approximate surface area is 136 Å². The lowest BCUT2D eigenvalue weighted by molar-refractivity contribution is 0.0997. The minimum absolute atomic E-state index is 0.799. The van der Waals surface area contributed by atoms with E-state index in [0.29, 0.717) is 0 Å². The molecular formula is C18H35N3O. The van der Waals surface area contributed by atoms with E-state index in [-0.39, 0.29) is 0 Å². The number of nitrogens with zero attached hydrogens (tertiary/aromatic N) is 3. The van der Waals surface area contributed by atoms with Crippen molar-refractivity contribution in [1.29, 1.82) is 0 Å². The highest BCUT2D eigenvalue weighted by atomic mass is 16.5. The van der Waals surface area contributed by atoms with Gasteiger partial charge in [-0.25, -0.2) is 0 Å². The molecule has 4 nitrogen and oxygen atoms in total. The van der Waals surface area contributed by atoms with E-state index in [1.807, 2.05) is 0 Å². The van der Waals surface area contributed by atoms with Crippen LogP contribution in [0.2, 0.25) is 0 Å². The second kappa shape index (κ2) is 8.62. The van der Waals surface area contributed by atoms with Crippen LogP contribution in [0.1, 0.15) is 38.5 Å². The Hall–Kier alpha value is -0.160. The van der Waals surface area contributed by atoms with Crippen molar-refractivity contribution >= 4 is 0 Å². The van der Waals surface area contributed by atoms with E-state index < -0.39 is 0 Å². The zero-order chi connectivity index (χ0) is 15.2. The zero-order valence-corrected chi connectivity index (χ0v) is 14.5. The molecule has 3 aliphatic rings. The molecule has 0 bridgehead atoms. The molecule has 0 aromatic rings. The van der Waals surface area contributed by atoms with Gasteiger partial charge in [0.15, 0.2) is 0 Å². The van der Waals surface area contributed by atoms with Gasteiger partial charge in [0.2, 0.25) is 0 Å². The Morgan fingerprint density at radius 3 is 2.41 bits per heavy atom. The Bertz CT molecular complexity index is 305. The standard InChI is InChI=1S/C18H35N3O/c1-19(12-13-20-8-3-2-4-9-20)18-5-10-21(11-6-18)15-17-7-14-22-16-17/h17-18H,2-16H2,1H3/t17-/m1/s1. The smallest absolute Gasteiger partial charge is 0.0507 e. The van der Waals surface area contributed by atoms with E-state index in [1.54, 1.807) is 0 Å². The van der Waals surface area contributed by atoms with Crippen LogP contribution in [0.4, 0.5) is 0 Å². The zero-order valence-electron chi connectivity index (χ0n) is 14.5. The predicted octanol–water partition coefficient (Wildman–Crippen LogP) is 1.91. The van der Waals surface area contributed by atoms with Crippen molar-refractivity contribution in [1.82, 2.24) is 14.7 Å². The van der Waals surface area contributed by atoms with E-state index in [1.165, 1.54) is 84.3 Å². The molecule has 0 spiro atoms. The fourth-order valence-corrected chi connectivity index (χ4v) is 4.30. The Morgan fingerprint density at radius 2 is 1.73 bits per heavy atom. The van der Waals surface area contributed by atoms with Gasteiger partial charge in [-0.2, -0.15) is 0 Å². The van der Waals surface area contributed by atoms with Crippen LogP contribution in [0.15, 0.2) is 0 Å². The van der Waals surface area contributed by atoms with Crippen molar-refractivity contribution in [2.45, 2.75) is 44.6 Å². The van der Waals surface area contributed by atoms with E-state index in [0.717, 1.165) is 25.2 Å². The number of hydrogen-bond donors (Lipinski definition) is 0. The molecule has 0 aromatic carbocycles. The molecule has 3 fully saturated rings. The lowest BCUT2D eigenvalue weighted by Gasteiger charge is -2.38. The number of rotatable bonds is 6. The van der Waals surface area contributed by atoms with Gasteiger partial charge in [0.25, 0.3) is 0 Å².